The Morgan fingerprint density at radius 1 is 0.900 bits per heavy atom. The maximum atomic E-state index is 13.5. The molecule has 0 N–H and O–H groups in total. The highest BCUT2D eigenvalue weighted by atomic mass is 35.5. The topological polar surface area (TPSA) is 49.2 Å². The van der Waals surface area contributed by atoms with Gasteiger partial charge in [0.05, 0.1) is 16.7 Å². The molecule has 0 saturated carbocycles. The molecule has 7 heteroatoms. The fraction of sp³-hybridized carbons (Fsp3) is 0.0435. The van der Waals surface area contributed by atoms with Gasteiger partial charge >= 0.3 is 0 Å². The van der Waals surface area contributed by atoms with Gasteiger partial charge in [-0.25, -0.2) is 9.07 Å². The minimum absolute atomic E-state index is 0.187. The molecule has 0 radical (unpaired) electrons. The summed E-state index contributed by atoms with van der Waals surface area (Å²) in [7, 11) is 0. The number of fused-ring (bicyclic) bond motifs is 4. The second kappa shape index (κ2) is 6.43. The van der Waals surface area contributed by atoms with Crippen LogP contribution in [0.15, 0.2) is 66.9 Å². The van der Waals surface area contributed by atoms with Gasteiger partial charge in [0.1, 0.15) is 11.5 Å². The molecule has 146 valence electrons. The Morgan fingerprint density at radius 2 is 1.63 bits per heavy atom. The lowest BCUT2D eigenvalue weighted by molar-refractivity contribution is 0.174. The van der Waals surface area contributed by atoms with Gasteiger partial charge in [0.25, 0.3) is 0 Å². The summed E-state index contributed by atoms with van der Waals surface area (Å²) in [6.07, 6.45) is 1.79. The van der Waals surface area contributed by atoms with E-state index in [2.05, 4.69) is 4.98 Å². The molecule has 1 aliphatic heterocycles. The highest BCUT2D eigenvalue weighted by Crippen LogP contribution is 2.40. The van der Waals surface area contributed by atoms with Crippen molar-refractivity contribution in [2.24, 2.45) is 0 Å². The summed E-state index contributed by atoms with van der Waals surface area (Å²) in [4.78, 5) is 4.63. The van der Waals surface area contributed by atoms with Crippen LogP contribution in [0.3, 0.4) is 0 Å². The molecule has 0 aliphatic carbocycles. The lowest BCUT2D eigenvalue weighted by Gasteiger charge is -2.07. The molecular formula is C23H13ClFN3O2. The highest BCUT2D eigenvalue weighted by molar-refractivity contribution is 6.30. The van der Waals surface area contributed by atoms with Crippen molar-refractivity contribution in [1.29, 1.82) is 0 Å². The van der Waals surface area contributed by atoms with Crippen LogP contribution in [0.4, 0.5) is 4.39 Å². The molecule has 6 rings (SSSR count). The van der Waals surface area contributed by atoms with Crippen LogP contribution in [0.1, 0.15) is 0 Å². The van der Waals surface area contributed by atoms with Crippen molar-refractivity contribution in [2.45, 2.75) is 0 Å². The van der Waals surface area contributed by atoms with Crippen LogP contribution >= 0.6 is 11.6 Å². The van der Waals surface area contributed by atoms with E-state index in [-0.39, 0.29) is 12.6 Å². The van der Waals surface area contributed by atoms with Gasteiger partial charge in [-0.2, -0.15) is 5.10 Å². The van der Waals surface area contributed by atoms with Crippen molar-refractivity contribution in [2.75, 3.05) is 6.79 Å². The first-order valence-electron chi connectivity index (χ1n) is 9.30. The molecule has 0 atom stereocenters. The van der Waals surface area contributed by atoms with E-state index in [9.17, 15) is 4.39 Å². The number of aromatic nitrogens is 3. The number of benzene rings is 3. The van der Waals surface area contributed by atoms with Crippen molar-refractivity contribution in [3.05, 3.63) is 77.7 Å². The van der Waals surface area contributed by atoms with Crippen LogP contribution < -0.4 is 9.47 Å². The van der Waals surface area contributed by atoms with Crippen LogP contribution in [-0.4, -0.2) is 21.6 Å². The van der Waals surface area contributed by atoms with Gasteiger partial charge in [0.2, 0.25) is 6.79 Å². The first-order chi connectivity index (χ1) is 14.7. The van der Waals surface area contributed by atoms with Gasteiger partial charge in [-0.05, 0) is 54.6 Å². The van der Waals surface area contributed by atoms with Crippen LogP contribution in [0.5, 0.6) is 11.5 Å². The summed E-state index contributed by atoms with van der Waals surface area (Å²) in [5, 5.41) is 7.25. The molecule has 5 aromatic rings. The molecule has 30 heavy (non-hydrogen) atoms. The maximum Gasteiger partial charge on any atom is 0.231 e. The summed E-state index contributed by atoms with van der Waals surface area (Å²) in [6.45, 7) is 0.187. The van der Waals surface area contributed by atoms with E-state index >= 15 is 0 Å². The molecule has 0 unspecified atom stereocenters. The fourth-order valence-electron chi connectivity index (χ4n) is 3.76. The van der Waals surface area contributed by atoms with Crippen LogP contribution in [0.25, 0.3) is 38.8 Å². The molecule has 0 bridgehead atoms. The third-order valence-corrected chi connectivity index (χ3v) is 5.44. The van der Waals surface area contributed by atoms with Crippen molar-refractivity contribution in [1.82, 2.24) is 14.8 Å². The molecule has 3 heterocycles. The Morgan fingerprint density at radius 3 is 2.40 bits per heavy atom. The van der Waals surface area contributed by atoms with Gasteiger partial charge in [-0.1, -0.05) is 11.6 Å². The van der Waals surface area contributed by atoms with Gasteiger partial charge in [0.15, 0.2) is 11.5 Å². The molecule has 0 fully saturated rings. The predicted octanol–water partition coefficient (Wildman–Crippen LogP) is 5.76. The van der Waals surface area contributed by atoms with Crippen molar-refractivity contribution >= 4 is 33.4 Å². The fourth-order valence-corrected chi connectivity index (χ4v) is 3.89. The monoisotopic (exact) mass is 417 g/mol. The zero-order valence-corrected chi connectivity index (χ0v) is 16.2. The number of rotatable bonds is 2. The van der Waals surface area contributed by atoms with Crippen molar-refractivity contribution in [3.8, 4) is 28.4 Å². The van der Waals surface area contributed by atoms with Gasteiger partial charge in [0, 0.05) is 33.6 Å². The Hall–Kier alpha value is -3.64. The molecule has 0 amide bonds. The lowest BCUT2D eigenvalue weighted by atomic mass is 10.1. The Kier molecular flexibility index (Phi) is 3.70. The molecule has 5 nitrogen and oxygen atoms in total. The third-order valence-electron chi connectivity index (χ3n) is 5.19. The second-order valence-electron chi connectivity index (χ2n) is 6.99. The first-order valence-corrected chi connectivity index (χ1v) is 9.68. The summed E-state index contributed by atoms with van der Waals surface area (Å²) >= 11 is 6.09. The Balaban J connectivity index is 1.71. The molecule has 0 saturated heterocycles. The maximum absolute atomic E-state index is 13.5. The summed E-state index contributed by atoms with van der Waals surface area (Å²) in [5.74, 6) is 1.05. The van der Waals surface area contributed by atoms with E-state index in [0.29, 0.717) is 22.2 Å². The zero-order chi connectivity index (χ0) is 20.2. The van der Waals surface area contributed by atoms with Crippen LogP contribution in [-0.2, 0) is 0 Å². The number of halogens is 2. The minimum atomic E-state index is -0.295. The zero-order valence-electron chi connectivity index (χ0n) is 15.5. The van der Waals surface area contributed by atoms with E-state index in [1.54, 1.807) is 18.3 Å². The third kappa shape index (κ3) is 2.61. The van der Waals surface area contributed by atoms with E-state index in [4.69, 9.17) is 26.2 Å². The Bertz CT molecular complexity index is 1430. The summed E-state index contributed by atoms with van der Waals surface area (Å²) in [6, 6.07) is 17.5. The number of hydrogen-bond donors (Lipinski definition) is 0. The van der Waals surface area contributed by atoms with Crippen molar-refractivity contribution in [3.63, 3.8) is 0 Å². The number of hydrogen-bond acceptors (Lipinski definition) is 4. The Labute approximate surface area is 175 Å². The molecule has 0 spiro atoms. The van der Waals surface area contributed by atoms with Crippen LogP contribution in [0.2, 0.25) is 5.02 Å². The second-order valence-corrected chi connectivity index (χ2v) is 7.42. The van der Waals surface area contributed by atoms with Crippen LogP contribution in [0, 0.1) is 5.82 Å². The average Bonchev–Trinajstić information content (AvgIpc) is 3.37. The summed E-state index contributed by atoms with van der Waals surface area (Å²) < 4.78 is 26.4. The highest BCUT2D eigenvalue weighted by Gasteiger charge is 2.21. The molecule has 3 aromatic carbocycles. The van der Waals surface area contributed by atoms with Gasteiger partial charge in [-0.3, -0.25) is 4.98 Å². The van der Waals surface area contributed by atoms with E-state index in [1.807, 2.05) is 41.1 Å². The average molecular weight is 418 g/mol. The van der Waals surface area contributed by atoms with Gasteiger partial charge < -0.3 is 9.47 Å². The smallest absolute Gasteiger partial charge is 0.231 e. The largest absolute Gasteiger partial charge is 0.454 e. The van der Waals surface area contributed by atoms with E-state index in [1.165, 1.54) is 12.1 Å². The standard InChI is InChI=1S/C23H13ClFN3O2/c24-14-3-7-16(8-4-14)28-23-17-9-20-21(30-12-29-20)10-19(17)26-11-18(23)22(27-28)13-1-5-15(25)6-2-13/h1-11H,12H2. The SMILES string of the molecule is Fc1ccc(-c2nn(-c3ccc(Cl)cc3)c3c2cnc2cc4c(cc23)OCO4)cc1. The first kappa shape index (κ1) is 17.2. The number of nitrogens with zero attached hydrogens (tertiary/aromatic N) is 3. The van der Waals surface area contributed by atoms with Gasteiger partial charge in [-0.15, -0.1) is 0 Å². The number of ether oxygens (including phenoxy) is 2. The minimum Gasteiger partial charge on any atom is -0.454 e. The molecular weight excluding hydrogens is 405 g/mol. The summed E-state index contributed by atoms with van der Waals surface area (Å²) in [5.41, 5.74) is 4.01. The molecule has 1 aliphatic rings. The quantitative estimate of drug-likeness (QED) is 0.366. The number of pyridine rings is 1. The molecule has 2 aromatic heterocycles. The van der Waals surface area contributed by atoms with Crippen molar-refractivity contribution < 1.29 is 13.9 Å². The van der Waals surface area contributed by atoms with E-state index < -0.39 is 0 Å². The predicted molar refractivity (Wildman–Crippen MR) is 113 cm³/mol. The normalized spacial score (nSPS) is 12.7. The van der Waals surface area contributed by atoms with E-state index in [0.717, 1.165) is 33.1 Å². The lowest BCUT2D eigenvalue weighted by Crippen LogP contribution is -1.97.